The lowest BCUT2D eigenvalue weighted by molar-refractivity contribution is 0.112. The van der Waals surface area contributed by atoms with Crippen molar-refractivity contribution in [2.24, 2.45) is 5.92 Å². The Bertz CT molecular complexity index is 217. The standard InChI is InChI=1S/C14H26N2/c1-2-5-12(4-1)14-6-3-11-16(14)13-7-9-15-10-8-13/h12-15H,1-11H2. The Labute approximate surface area is 99.8 Å². The molecule has 3 rings (SSSR count). The first kappa shape index (κ1) is 11.0. The van der Waals surface area contributed by atoms with E-state index in [1.807, 2.05) is 0 Å². The Morgan fingerprint density at radius 2 is 1.56 bits per heavy atom. The first-order valence-electron chi connectivity index (χ1n) is 7.41. The third kappa shape index (κ3) is 2.14. The summed E-state index contributed by atoms with van der Waals surface area (Å²) in [6.45, 7) is 3.89. The Balaban J connectivity index is 1.63. The summed E-state index contributed by atoms with van der Waals surface area (Å²) in [5.74, 6) is 1.05. The van der Waals surface area contributed by atoms with Gasteiger partial charge in [0.2, 0.25) is 0 Å². The molecular weight excluding hydrogens is 196 g/mol. The fourth-order valence-electron chi connectivity index (χ4n) is 4.25. The van der Waals surface area contributed by atoms with Crippen LogP contribution in [0.25, 0.3) is 0 Å². The van der Waals surface area contributed by atoms with Crippen LogP contribution in [0.3, 0.4) is 0 Å². The molecule has 1 N–H and O–H groups in total. The van der Waals surface area contributed by atoms with Crippen molar-refractivity contribution >= 4 is 0 Å². The van der Waals surface area contributed by atoms with E-state index < -0.39 is 0 Å². The van der Waals surface area contributed by atoms with Gasteiger partial charge in [0.25, 0.3) is 0 Å². The predicted molar refractivity (Wildman–Crippen MR) is 67.6 cm³/mol. The highest BCUT2D eigenvalue weighted by atomic mass is 15.2. The Hall–Kier alpha value is -0.0800. The van der Waals surface area contributed by atoms with Crippen molar-refractivity contribution in [1.82, 2.24) is 10.2 Å². The number of piperidine rings is 1. The second-order valence-corrected chi connectivity index (χ2v) is 5.97. The molecule has 2 heterocycles. The fourth-order valence-corrected chi connectivity index (χ4v) is 4.25. The minimum atomic E-state index is 0.911. The summed E-state index contributed by atoms with van der Waals surface area (Å²) < 4.78 is 0. The van der Waals surface area contributed by atoms with Crippen LogP contribution in [0.15, 0.2) is 0 Å². The molecule has 92 valence electrons. The van der Waals surface area contributed by atoms with Gasteiger partial charge in [-0.25, -0.2) is 0 Å². The van der Waals surface area contributed by atoms with E-state index in [4.69, 9.17) is 0 Å². The van der Waals surface area contributed by atoms with Crippen LogP contribution in [0.2, 0.25) is 0 Å². The smallest absolute Gasteiger partial charge is 0.0127 e. The van der Waals surface area contributed by atoms with Gasteiger partial charge in [0, 0.05) is 12.1 Å². The van der Waals surface area contributed by atoms with E-state index in [2.05, 4.69) is 10.2 Å². The molecule has 16 heavy (non-hydrogen) atoms. The zero-order valence-electron chi connectivity index (χ0n) is 10.5. The van der Waals surface area contributed by atoms with Crippen molar-refractivity contribution < 1.29 is 0 Å². The van der Waals surface area contributed by atoms with Gasteiger partial charge >= 0.3 is 0 Å². The van der Waals surface area contributed by atoms with Gasteiger partial charge < -0.3 is 5.32 Å². The van der Waals surface area contributed by atoms with E-state index in [1.165, 1.54) is 71.0 Å². The van der Waals surface area contributed by atoms with Crippen LogP contribution in [0, 0.1) is 5.92 Å². The molecule has 1 saturated carbocycles. The van der Waals surface area contributed by atoms with Crippen molar-refractivity contribution in [3.63, 3.8) is 0 Å². The molecule has 0 bridgehead atoms. The third-order valence-electron chi connectivity index (χ3n) is 5.06. The highest BCUT2D eigenvalue weighted by molar-refractivity contribution is 4.92. The van der Waals surface area contributed by atoms with Gasteiger partial charge in [-0.3, -0.25) is 4.90 Å². The molecule has 2 aliphatic heterocycles. The van der Waals surface area contributed by atoms with Gasteiger partial charge in [0.1, 0.15) is 0 Å². The maximum Gasteiger partial charge on any atom is 0.0127 e. The lowest BCUT2D eigenvalue weighted by Gasteiger charge is -2.38. The SMILES string of the molecule is C1CCC(C2CCCN2C2CCNCC2)C1. The van der Waals surface area contributed by atoms with Crippen LogP contribution in [0.1, 0.15) is 51.4 Å². The minimum absolute atomic E-state index is 0.911. The summed E-state index contributed by atoms with van der Waals surface area (Å²) in [6.07, 6.45) is 11.8. The number of rotatable bonds is 2. The molecule has 2 nitrogen and oxygen atoms in total. The van der Waals surface area contributed by atoms with Gasteiger partial charge in [-0.15, -0.1) is 0 Å². The fraction of sp³-hybridized carbons (Fsp3) is 1.00. The molecule has 0 aromatic carbocycles. The van der Waals surface area contributed by atoms with E-state index in [1.54, 1.807) is 0 Å². The van der Waals surface area contributed by atoms with Gasteiger partial charge in [-0.1, -0.05) is 12.8 Å². The van der Waals surface area contributed by atoms with Crippen LogP contribution in [-0.4, -0.2) is 36.6 Å². The van der Waals surface area contributed by atoms with Crippen molar-refractivity contribution in [2.45, 2.75) is 63.5 Å². The summed E-state index contributed by atoms with van der Waals surface area (Å²) in [4.78, 5) is 2.90. The van der Waals surface area contributed by atoms with E-state index in [9.17, 15) is 0 Å². The molecule has 0 spiro atoms. The lowest BCUT2D eigenvalue weighted by atomic mass is 9.93. The summed E-state index contributed by atoms with van der Waals surface area (Å²) in [5.41, 5.74) is 0. The summed E-state index contributed by atoms with van der Waals surface area (Å²) in [5, 5.41) is 3.50. The van der Waals surface area contributed by atoms with Gasteiger partial charge in [-0.05, 0) is 64.1 Å². The molecule has 0 aromatic rings. The average molecular weight is 222 g/mol. The van der Waals surface area contributed by atoms with Crippen LogP contribution in [-0.2, 0) is 0 Å². The molecule has 3 aliphatic rings. The number of nitrogens with one attached hydrogen (secondary N) is 1. The molecule has 1 atom stereocenters. The van der Waals surface area contributed by atoms with Gasteiger partial charge in [-0.2, -0.15) is 0 Å². The van der Waals surface area contributed by atoms with Gasteiger partial charge in [0.15, 0.2) is 0 Å². The topological polar surface area (TPSA) is 15.3 Å². The monoisotopic (exact) mass is 222 g/mol. The third-order valence-corrected chi connectivity index (χ3v) is 5.06. The van der Waals surface area contributed by atoms with Crippen LogP contribution in [0.5, 0.6) is 0 Å². The second kappa shape index (κ2) is 5.05. The molecule has 0 radical (unpaired) electrons. The maximum atomic E-state index is 3.50. The van der Waals surface area contributed by atoms with Crippen molar-refractivity contribution in [3.05, 3.63) is 0 Å². The molecule has 2 saturated heterocycles. The van der Waals surface area contributed by atoms with Crippen LogP contribution < -0.4 is 5.32 Å². The zero-order chi connectivity index (χ0) is 10.8. The molecular formula is C14H26N2. The quantitative estimate of drug-likeness (QED) is 0.772. The van der Waals surface area contributed by atoms with Gasteiger partial charge in [0.05, 0.1) is 0 Å². The average Bonchev–Trinajstić information content (AvgIpc) is 3.01. The number of hydrogen-bond acceptors (Lipinski definition) is 2. The number of nitrogens with zero attached hydrogens (tertiary/aromatic N) is 1. The Morgan fingerprint density at radius 3 is 2.31 bits per heavy atom. The first-order valence-corrected chi connectivity index (χ1v) is 7.41. The molecule has 3 fully saturated rings. The predicted octanol–water partition coefficient (Wildman–Crippen LogP) is 2.39. The summed E-state index contributed by atoms with van der Waals surface area (Å²) in [7, 11) is 0. The van der Waals surface area contributed by atoms with Crippen molar-refractivity contribution in [2.75, 3.05) is 19.6 Å². The highest BCUT2D eigenvalue weighted by Gasteiger charge is 2.36. The van der Waals surface area contributed by atoms with Crippen LogP contribution in [0.4, 0.5) is 0 Å². The lowest BCUT2D eigenvalue weighted by Crippen LogP contribution is -2.47. The molecule has 0 aromatic heterocycles. The van der Waals surface area contributed by atoms with E-state index in [0.717, 1.165) is 18.0 Å². The molecule has 1 aliphatic carbocycles. The summed E-state index contributed by atoms with van der Waals surface area (Å²) in [6, 6.07) is 1.87. The molecule has 2 heteroatoms. The normalized spacial score (nSPS) is 34.9. The van der Waals surface area contributed by atoms with Crippen LogP contribution >= 0.6 is 0 Å². The minimum Gasteiger partial charge on any atom is -0.317 e. The molecule has 0 amide bonds. The highest BCUT2D eigenvalue weighted by Crippen LogP contribution is 2.37. The molecule has 1 unspecified atom stereocenters. The van der Waals surface area contributed by atoms with Crippen molar-refractivity contribution in [1.29, 1.82) is 0 Å². The summed E-state index contributed by atoms with van der Waals surface area (Å²) >= 11 is 0. The van der Waals surface area contributed by atoms with Crippen molar-refractivity contribution in [3.8, 4) is 0 Å². The van der Waals surface area contributed by atoms with E-state index >= 15 is 0 Å². The second-order valence-electron chi connectivity index (χ2n) is 5.97. The maximum absolute atomic E-state index is 3.50. The first-order chi connectivity index (χ1) is 7.95. The number of likely N-dealkylation sites (tertiary alicyclic amines) is 1. The Morgan fingerprint density at radius 1 is 0.812 bits per heavy atom. The largest absolute Gasteiger partial charge is 0.317 e. The van der Waals surface area contributed by atoms with E-state index in [0.29, 0.717) is 0 Å². The number of hydrogen-bond donors (Lipinski definition) is 1. The zero-order valence-corrected chi connectivity index (χ0v) is 10.5. The van der Waals surface area contributed by atoms with E-state index in [-0.39, 0.29) is 0 Å². The Kier molecular flexibility index (Phi) is 3.49.